The molecule has 0 aliphatic heterocycles. The van der Waals surface area contributed by atoms with Gasteiger partial charge in [0.25, 0.3) is 0 Å². The summed E-state index contributed by atoms with van der Waals surface area (Å²) < 4.78 is 10.5. The van der Waals surface area contributed by atoms with Gasteiger partial charge in [-0.25, -0.2) is 0 Å². The number of rotatable bonds is 3. The van der Waals surface area contributed by atoms with E-state index in [4.69, 9.17) is 9.47 Å². The molecule has 104 valence electrons. The zero-order chi connectivity index (χ0) is 14.4. The highest BCUT2D eigenvalue weighted by Crippen LogP contribution is 2.56. The first-order valence-electron chi connectivity index (χ1n) is 6.63. The van der Waals surface area contributed by atoms with E-state index in [2.05, 4.69) is 19.9 Å². The summed E-state index contributed by atoms with van der Waals surface area (Å²) in [6.07, 6.45) is 0.867. The van der Waals surface area contributed by atoms with Crippen molar-refractivity contribution in [1.82, 2.24) is 0 Å². The quantitative estimate of drug-likeness (QED) is 0.785. The molecule has 1 aliphatic carbocycles. The number of hydrogen-bond donors (Lipinski definition) is 0. The molecule has 2 atom stereocenters. The molecular weight excluding hydrogens is 240 g/mol. The van der Waals surface area contributed by atoms with Crippen LogP contribution in [0.15, 0.2) is 6.07 Å². The minimum atomic E-state index is -0.444. The van der Waals surface area contributed by atoms with Gasteiger partial charge in [-0.3, -0.25) is 4.79 Å². The van der Waals surface area contributed by atoms with Gasteiger partial charge < -0.3 is 9.47 Å². The first-order chi connectivity index (χ1) is 8.90. The fourth-order valence-corrected chi connectivity index (χ4v) is 3.21. The second-order valence-electron chi connectivity index (χ2n) is 5.59. The maximum Gasteiger partial charge on any atom is 0.316 e. The lowest BCUT2D eigenvalue weighted by Crippen LogP contribution is -2.25. The smallest absolute Gasteiger partial charge is 0.316 e. The molecule has 1 saturated carbocycles. The minimum absolute atomic E-state index is 0.118. The maximum atomic E-state index is 12.2. The van der Waals surface area contributed by atoms with Crippen LogP contribution in [0.3, 0.4) is 0 Å². The second-order valence-corrected chi connectivity index (χ2v) is 5.59. The summed E-state index contributed by atoms with van der Waals surface area (Å²) in [5, 5.41) is 0. The Bertz CT molecular complexity index is 533. The Balaban J connectivity index is 2.61. The predicted molar refractivity (Wildman–Crippen MR) is 74.7 cm³/mol. The van der Waals surface area contributed by atoms with Crippen molar-refractivity contribution in [3.05, 3.63) is 28.3 Å². The predicted octanol–water partition coefficient (Wildman–Crippen LogP) is 3.07. The normalized spacial score (nSPS) is 25.1. The molecule has 0 heterocycles. The molecule has 0 spiro atoms. The van der Waals surface area contributed by atoms with Gasteiger partial charge in [-0.2, -0.15) is 0 Å². The molecule has 1 aromatic carbocycles. The van der Waals surface area contributed by atoms with E-state index in [0.717, 1.165) is 34.4 Å². The highest BCUT2D eigenvalue weighted by Gasteiger charge is 2.60. The van der Waals surface area contributed by atoms with E-state index >= 15 is 0 Å². The van der Waals surface area contributed by atoms with E-state index in [1.165, 1.54) is 7.11 Å². The van der Waals surface area contributed by atoms with Crippen LogP contribution in [0.25, 0.3) is 0 Å². The van der Waals surface area contributed by atoms with Crippen molar-refractivity contribution >= 4 is 5.97 Å². The fraction of sp³-hybridized carbons (Fsp3) is 0.562. The summed E-state index contributed by atoms with van der Waals surface area (Å²) in [6.45, 7) is 8.23. The largest absolute Gasteiger partial charge is 0.496 e. The van der Waals surface area contributed by atoms with Crippen molar-refractivity contribution in [2.24, 2.45) is 5.92 Å². The lowest BCUT2D eigenvalue weighted by atomic mass is 9.86. The average Bonchev–Trinajstić information content (AvgIpc) is 3.06. The zero-order valence-electron chi connectivity index (χ0n) is 12.6. The van der Waals surface area contributed by atoms with E-state index in [1.807, 2.05) is 13.8 Å². The standard InChI is InChI=1S/C16H22O3/c1-9-7-13(11(3)12(4)14(9)18-5)16(8-10(16)2)15(17)19-6/h7,10H,8H2,1-6H3. The number of ether oxygens (including phenoxy) is 2. The van der Waals surface area contributed by atoms with Crippen LogP contribution in [-0.2, 0) is 14.9 Å². The number of aryl methyl sites for hydroxylation is 1. The Hall–Kier alpha value is -1.51. The van der Waals surface area contributed by atoms with Crippen molar-refractivity contribution in [2.75, 3.05) is 14.2 Å². The number of methoxy groups -OCH3 is 2. The highest BCUT2D eigenvalue weighted by atomic mass is 16.5. The van der Waals surface area contributed by atoms with Crippen LogP contribution in [-0.4, -0.2) is 20.2 Å². The molecule has 2 unspecified atom stereocenters. The fourth-order valence-electron chi connectivity index (χ4n) is 3.21. The van der Waals surface area contributed by atoms with Gasteiger partial charge in [0, 0.05) is 0 Å². The van der Waals surface area contributed by atoms with Gasteiger partial charge in [-0.1, -0.05) is 13.0 Å². The number of benzene rings is 1. The van der Waals surface area contributed by atoms with Gasteiger partial charge in [-0.15, -0.1) is 0 Å². The Morgan fingerprint density at radius 1 is 1.26 bits per heavy atom. The maximum absolute atomic E-state index is 12.2. The van der Waals surface area contributed by atoms with Crippen LogP contribution in [0.4, 0.5) is 0 Å². The third-order valence-corrected chi connectivity index (χ3v) is 4.57. The van der Waals surface area contributed by atoms with Gasteiger partial charge in [0.05, 0.1) is 19.6 Å². The number of carbonyl (C=O) groups excluding carboxylic acids is 1. The SMILES string of the molecule is COC(=O)C1(c2cc(C)c(OC)c(C)c2C)CC1C. The second kappa shape index (κ2) is 4.55. The molecule has 0 saturated heterocycles. The molecule has 0 bridgehead atoms. The van der Waals surface area contributed by atoms with Crippen molar-refractivity contribution in [1.29, 1.82) is 0 Å². The summed E-state index contributed by atoms with van der Waals surface area (Å²) in [7, 11) is 3.15. The summed E-state index contributed by atoms with van der Waals surface area (Å²) in [5.74, 6) is 1.13. The first kappa shape index (κ1) is 13.9. The lowest BCUT2D eigenvalue weighted by Gasteiger charge is -2.21. The number of carbonyl (C=O) groups is 1. The van der Waals surface area contributed by atoms with Crippen LogP contribution in [0, 0.1) is 26.7 Å². The molecule has 19 heavy (non-hydrogen) atoms. The first-order valence-corrected chi connectivity index (χ1v) is 6.63. The minimum Gasteiger partial charge on any atom is -0.496 e. The third kappa shape index (κ3) is 1.83. The van der Waals surface area contributed by atoms with Gasteiger partial charge in [-0.05, 0) is 55.4 Å². The zero-order valence-corrected chi connectivity index (χ0v) is 12.6. The molecule has 0 amide bonds. The molecule has 3 nitrogen and oxygen atoms in total. The Morgan fingerprint density at radius 3 is 2.26 bits per heavy atom. The molecule has 2 rings (SSSR count). The summed E-state index contributed by atoms with van der Waals surface area (Å²) in [6, 6.07) is 2.08. The van der Waals surface area contributed by atoms with E-state index in [-0.39, 0.29) is 5.97 Å². The van der Waals surface area contributed by atoms with Crippen LogP contribution in [0.5, 0.6) is 5.75 Å². The van der Waals surface area contributed by atoms with Crippen LogP contribution >= 0.6 is 0 Å². The van der Waals surface area contributed by atoms with E-state index in [0.29, 0.717) is 5.92 Å². The van der Waals surface area contributed by atoms with Gasteiger partial charge in [0.15, 0.2) is 0 Å². The Labute approximate surface area is 114 Å². The molecule has 3 heteroatoms. The summed E-state index contributed by atoms with van der Waals surface area (Å²) in [4.78, 5) is 12.2. The monoisotopic (exact) mass is 262 g/mol. The third-order valence-electron chi connectivity index (χ3n) is 4.57. The van der Waals surface area contributed by atoms with Crippen molar-refractivity contribution in [2.45, 2.75) is 39.5 Å². The van der Waals surface area contributed by atoms with E-state index < -0.39 is 5.41 Å². The molecule has 0 aromatic heterocycles. The van der Waals surface area contributed by atoms with Crippen LogP contribution in [0.2, 0.25) is 0 Å². The lowest BCUT2D eigenvalue weighted by molar-refractivity contribution is -0.144. The molecule has 1 aliphatic rings. The van der Waals surface area contributed by atoms with E-state index in [9.17, 15) is 4.79 Å². The molecule has 0 radical (unpaired) electrons. The molecular formula is C16H22O3. The van der Waals surface area contributed by atoms with Crippen LogP contribution < -0.4 is 4.74 Å². The van der Waals surface area contributed by atoms with Crippen molar-refractivity contribution in [3.63, 3.8) is 0 Å². The van der Waals surface area contributed by atoms with Gasteiger partial charge in [0.2, 0.25) is 0 Å². The summed E-state index contributed by atoms with van der Waals surface area (Å²) >= 11 is 0. The van der Waals surface area contributed by atoms with Gasteiger partial charge in [0.1, 0.15) is 5.75 Å². The summed E-state index contributed by atoms with van der Waals surface area (Å²) in [5.41, 5.74) is 3.98. The number of esters is 1. The average molecular weight is 262 g/mol. The molecule has 1 fully saturated rings. The van der Waals surface area contributed by atoms with Gasteiger partial charge >= 0.3 is 5.97 Å². The molecule has 0 N–H and O–H groups in total. The number of hydrogen-bond acceptors (Lipinski definition) is 3. The Kier molecular flexibility index (Phi) is 3.33. The van der Waals surface area contributed by atoms with Crippen molar-refractivity contribution < 1.29 is 14.3 Å². The molecule has 1 aromatic rings. The topological polar surface area (TPSA) is 35.5 Å². The highest BCUT2D eigenvalue weighted by molar-refractivity contribution is 5.88. The van der Waals surface area contributed by atoms with Crippen molar-refractivity contribution in [3.8, 4) is 5.75 Å². The van der Waals surface area contributed by atoms with E-state index in [1.54, 1.807) is 7.11 Å². The van der Waals surface area contributed by atoms with Crippen LogP contribution in [0.1, 0.15) is 35.6 Å². The Morgan fingerprint density at radius 2 is 1.84 bits per heavy atom.